The normalized spacial score (nSPS) is 14.8. The summed E-state index contributed by atoms with van der Waals surface area (Å²) in [5.74, 6) is 0.511. The van der Waals surface area contributed by atoms with Gasteiger partial charge in [-0.3, -0.25) is 0 Å². The topological polar surface area (TPSA) is 64.3 Å². The molecular weight excluding hydrogens is 321 g/mol. The van der Waals surface area contributed by atoms with Gasteiger partial charge in [0, 0.05) is 31.9 Å². The van der Waals surface area contributed by atoms with E-state index in [4.69, 9.17) is 0 Å². The van der Waals surface area contributed by atoms with Crippen molar-refractivity contribution in [3.63, 3.8) is 0 Å². The number of benzene rings is 2. The second-order valence-electron chi connectivity index (χ2n) is 5.99. The summed E-state index contributed by atoms with van der Waals surface area (Å²) in [6, 6.07) is 13.5. The SMILES string of the molecule is O=C(Nc1ccc(F)cc1)N1CCN(c2nc3ccccc3[nH]2)CC1. The van der Waals surface area contributed by atoms with Crippen LogP contribution >= 0.6 is 0 Å². The van der Waals surface area contributed by atoms with Gasteiger partial charge in [-0.2, -0.15) is 0 Å². The maximum Gasteiger partial charge on any atom is 0.321 e. The molecule has 0 saturated carbocycles. The Balaban J connectivity index is 1.37. The number of imidazole rings is 1. The van der Waals surface area contributed by atoms with E-state index in [0.29, 0.717) is 31.9 Å². The first-order chi connectivity index (χ1) is 12.2. The molecular formula is C18H18FN5O. The number of carbonyl (C=O) groups is 1. The van der Waals surface area contributed by atoms with Crippen LogP contribution in [0, 0.1) is 5.82 Å². The van der Waals surface area contributed by atoms with Gasteiger partial charge in [-0.05, 0) is 36.4 Å². The smallest absolute Gasteiger partial charge is 0.321 e. The first kappa shape index (κ1) is 15.4. The largest absolute Gasteiger partial charge is 0.339 e. The van der Waals surface area contributed by atoms with Gasteiger partial charge < -0.3 is 20.1 Å². The highest BCUT2D eigenvalue weighted by Crippen LogP contribution is 2.18. The molecule has 0 spiro atoms. The van der Waals surface area contributed by atoms with Gasteiger partial charge >= 0.3 is 6.03 Å². The molecule has 0 radical (unpaired) electrons. The molecule has 1 aliphatic rings. The van der Waals surface area contributed by atoms with Crippen molar-refractivity contribution in [1.29, 1.82) is 0 Å². The number of hydrogen-bond acceptors (Lipinski definition) is 3. The van der Waals surface area contributed by atoms with Crippen molar-refractivity contribution in [2.24, 2.45) is 0 Å². The Kier molecular flexibility index (Phi) is 3.97. The molecule has 1 aromatic heterocycles. The average molecular weight is 339 g/mol. The van der Waals surface area contributed by atoms with Gasteiger partial charge in [-0.25, -0.2) is 14.2 Å². The van der Waals surface area contributed by atoms with E-state index < -0.39 is 0 Å². The van der Waals surface area contributed by atoms with Gasteiger partial charge in [0.25, 0.3) is 0 Å². The Labute approximate surface area is 144 Å². The van der Waals surface area contributed by atoms with Gasteiger partial charge in [-0.15, -0.1) is 0 Å². The molecule has 6 nitrogen and oxygen atoms in total. The first-order valence-electron chi connectivity index (χ1n) is 8.20. The van der Waals surface area contributed by atoms with E-state index >= 15 is 0 Å². The Bertz CT molecular complexity index is 851. The van der Waals surface area contributed by atoms with E-state index in [1.54, 1.807) is 17.0 Å². The molecule has 2 amide bonds. The van der Waals surface area contributed by atoms with Gasteiger partial charge in [-0.1, -0.05) is 12.1 Å². The molecule has 2 N–H and O–H groups in total. The van der Waals surface area contributed by atoms with E-state index in [-0.39, 0.29) is 11.8 Å². The van der Waals surface area contributed by atoms with Crippen LogP contribution in [-0.4, -0.2) is 47.1 Å². The Hall–Kier alpha value is -3.09. The van der Waals surface area contributed by atoms with Crippen LogP contribution in [0.25, 0.3) is 11.0 Å². The Morgan fingerprint density at radius 1 is 1.04 bits per heavy atom. The van der Waals surface area contributed by atoms with Crippen LogP contribution in [0.1, 0.15) is 0 Å². The van der Waals surface area contributed by atoms with Gasteiger partial charge in [0.2, 0.25) is 5.95 Å². The number of carbonyl (C=O) groups excluding carboxylic acids is 1. The molecule has 25 heavy (non-hydrogen) atoms. The summed E-state index contributed by atoms with van der Waals surface area (Å²) in [7, 11) is 0. The minimum atomic E-state index is -0.322. The standard InChI is InChI=1S/C18H18FN5O/c19-13-5-7-14(8-6-13)20-18(25)24-11-9-23(10-12-24)17-21-15-3-1-2-4-16(15)22-17/h1-8H,9-12H2,(H,20,25)(H,21,22). The number of H-pyrrole nitrogens is 1. The van der Waals surface area contributed by atoms with Gasteiger partial charge in [0.05, 0.1) is 11.0 Å². The van der Waals surface area contributed by atoms with Crippen LogP contribution in [0.3, 0.4) is 0 Å². The number of amides is 2. The monoisotopic (exact) mass is 339 g/mol. The Morgan fingerprint density at radius 2 is 1.76 bits per heavy atom. The van der Waals surface area contributed by atoms with E-state index in [9.17, 15) is 9.18 Å². The number of urea groups is 1. The van der Waals surface area contributed by atoms with E-state index in [2.05, 4.69) is 20.2 Å². The van der Waals surface area contributed by atoms with Crippen LogP contribution in [0.4, 0.5) is 20.8 Å². The Morgan fingerprint density at radius 3 is 2.48 bits per heavy atom. The molecule has 0 aliphatic carbocycles. The first-order valence-corrected chi connectivity index (χ1v) is 8.20. The van der Waals surface area contributed by atoms with Crippen molar-refractivity contribution in [1.82, 2.24) is 14.9 Å². The van der Waals surface area contributed by atoms with Crippen molar-refractivity contribution in [2.75, 3.05) is 36.4 Å². The van der Waals surface area contributed by atoms with Crippen LogP contribution < -0.4 is 10.2 Å². The van der Waals surface area contributed by atoms with Crippen molar-refractivity contribution < 1.29 is 9.18 Å². The molecule has 0 atom stereocenters. The molecule has 3 aromatic rings. The highest BCUT2D eigenvalue weighted by atomic mass is 19.1. The molecule has 1 fully saturated rings. The number of rotatable bonds is 2. The quantitative estimate of drug-likeness (QED) is 0.754. The zero-order valence-corrected chi connectivity index (χ0v) is 13.6. The molecule has 0 bridgehead atoms. The maximum atomic E-state index is 12.9. The lowest BCUT2D eigenvalue weighted by Crippen LogP contribution is -2.50. The number of halogens is 1. The predicted octanol–water partition coefficient (Wildman–Crippen LogP) is 3.06. The number of nitrogens with zero attached hydrogens (tertiary/aromatic N) is 3. The molecule has 1 saturated heterocycles. The van der Waals surface area contributed by atoms with Crippen LogP contribution in [0.2, 0.25) is 0 Å². The van der Waals surface area contributed by atoms with E-state index in [0.717, 1.165) is 17.0 Å². The summed E-state index contributed by atoms with van der Waals surface area (Å²) in [6.45, 7) is 2.61. The summed E-state index contributed by atoms with van der Waals surface area (Å²) in [5, 5.41) is 2.79. The molecule has 7 heteroatoms. The van der Waals surface area contributed by atoms with Crippen molar-refractivity contribution >= 4 is 28.7 Å². The number of para-hydroxylation sites is 2. The summed E-state index contributed by atoms with van der Waals surface area (Å²) in [4.78, 5) is 24.1. The number of nitrogens with one attached hydrogen (secondary N) is 2. The third kappa shape index (κ3) is 3.26. The summed E-state index contributed by atoms with van der Waals surface area (Å²) in [5.41, 5.74) is 2.54. The van der Waals surface area contributed by atoms with Gasteiger partial charge in [0.1, 0.15) is 5.82 Å². The van der Waals surface area contributed by atoms with Crippen LogP contribution in [0.15, 0.2) is 48.5 Å². The fraction of sp³-hybridized carbons (Fsp3) is 0.222. The molecule has 1 aliphatic heterocycles. The molecule has 2 aromatic carbocycles. The second-order valence-corrected chi connectivity index (χ2v) is 5.99. The number of piperazine rings is 1. The zero-order chi connectivity index (χ0) is 17.2. The average Bonchev–Trinajstić information content (AvgIpc) is 3.08. The third-order valence-electron chi connectivity index (χ3n) is 4.34. The number of aromatic nitrogens is 2. The van der Waals surface area contributed by atoms with Crippen molar-refractivity contribution in [3.05, 3.63) is 54.3 Å². The molecule has 0 unspecified atom stereocenters. The molecule has 128 valence electrons. The highest BCUT2D eigenvalue weighted by Gasteiger charge is 2.23. The van der Waals surface area contributed by atoms with Crippen molar-refractivity contribution in [2.45, 2.75) is 0 Å². The third-order valence-corrected chi connectivity index (χ3v) is 4.34. The van der Waals surface area contributed by atoms with Crippen LogP contribution in [-0.2, 0) is 0 Å². The van der Waals surface area contributed by atoms with Gasteiger partial charge in [0.15, 0.2) is 0 Å². The van der Waals surface area contributed by atoms with E-state index in [1.165, 1.54) is 12.1 Å². The minimum Gasteiger partial charge on any atom is -0.339 e. The number of anilines is 2. The van der Waals surface area contributed by atoms with E-state index in [1.807, 2.05) is 24.3 Å². The molecule has 2 heterocycles. The zero-order valence-electron chi connectivity index (χ0n) is 13.6. The number of aromatic amines is 1. The predicted molar refractivity (Wildman–Crippen MR) is 95.3 cm³/mol. The summed E-state index contributed by atoms with van der Waals surface area (Å²) < 4.78 is 12.9. The number of fused-ring (bicyclic) bond motifs is 1. The summed E-state index contributed by atoms with van der Waals surface area (Å²) >= 11 is 0. The summed E-state index contributed by atoms with van der Waals surface area (Å²) in [6.07, 6.45) is 0. The lowest BCUT2D eigenvalue weighted by atomic mass is 10.3. The lowest BCUT2D eigenvalue weighted by molar-refractivity contribution is 0.208. The fourth-order valence-corrected chi connectivity index (χ4v) is 2.95. The second kappa shape index (κ2) is 6.43. The van der Waals surface area contributed by atoms with Crippen molar-refractivity contribution in [3.8, 4) is 0 Å². The lowest BCUT2D eigenvalue weighted by Gasteiger charge is -2.34. The van der Waals surface area contributed by atoms with Crippen LogP contribution in [0.5, 0.6) is 0 Å². The highest BCUT2D eigenvalue weighted by molar-refractivity contribution is 5.89. The fourth-order valence-electron chi connectivity index (χ4n) is 2.95. The molecule has 4 rings (SSSR count). The number of hydrogen-bond donors (Lipinski definition) is 2. The minimum absolute atomic E-state index is 0.170. The maximum absolute atomic E-state index is 12.9.